The summed E-state index contributed by atoms with van der Waals surface area (Å²) in [6.07, 6.45) is 2.86. The van der Waals surface area contributed by atoms with Crippen LogP contribution in [0.3, 0.4) is 0 Å². The zero-order valence-corrected chi connectivity index (χ0v) is 10.3. The summed E-state index contributed by atoms with van der Waals surface area (Å²) in [6, 6.07) is 8.51. The molecule has 1 aromatic carbocycles. The number of hydrogen-bond donors (Lipinski definition) is 2. The van der Waals surface area contributed by atoms with Gasteiger partial charge >= 0.3 is 0 Å². The van der Waals surface area contributed by atoms with Crippen molar-refractivity contribution in [2.75, 3.05) is 0 Å². The second kappa shape index (κ2) is 6.36. The van der Waals surface area contributed by atoms with Gasteiger partial charge in [-0.3, -0.25) is 16.3 Å². The van der Waals surface area contributed by atoms with Crippen molar-refractivity contribution >= 4 is 0 Å². The van der Waals surface area contributed by atoms with Crippen LogP contribution in [0.4, 0.5) is 8.78 Å². The number of aryl methyl sites for hydroxylation is 1. The molecule has 3 nitrogen and oxygen atoms in total. The molecule has 5 heteroatoms. The Hall–Kier alpha value is -1.85. The lowest BCUT2D eigenvalue weighted by atomic mass is 10.0. The van der Waals surface area contributed by atoms with E-state index in [2.05, 4.69) is 10.4 Å². The molecule has 1 heterocycles. The van der Waals surface area contributed by atoms with E-state index in [9.17, 15) is 8.78 Å². The summed E-state index contributed by atoms with van der Waals surface area (Å²) in [5.74, 6) is 4.48. The van der Waals surface area contributed by atoms with E-state index < -0.39 is 17.7 Å². The minimum absolute atomic E-state index is 0.235. The number of pyridine rings is 1. The van der Waals surface area contributed by atoms with Crippen LogP contribution in [0.2, 0.25) is 0 Å². The molecule has 0 amide bonds. The molecule has 2 aromatic rings. The van der Waals surface area contributed by atoms with Crippen LogP contribution in [0.1, 0.15) is 23.7 Å². The Balaban J connectivity index is 2.10. The van der Waals surface area contributed by atoms with Crippen LogP contribution in [0.25, 0.3) is 0 Å². The SMILES string of the molecule is NNC(CCc1ccccn1)c1cc(F)ccc1F. The first-order valence-corrected chi connectivity index (χ1v) is 6.01. The van der Waals surface area contributed by atoms with Gasteiger partial charge in [-0.2, -0.15) is 0 Å². The second-order valence-corrected chi connectivity index (χ2v) is 4.24. The first kappa shape index (κ1) is 13.6. The van der Waals surface area contributed by atoms with Gasteiger partial charge < -0.3 is 0 Å². The monoisotopic (exact) mass is 263 g/mol. The second-order valence-electron chi connectivity index (χ2n) is 4.24. The van der Waals surface area contributed by atoms with E-state index in [0.29, 0.717) is 12.8 Å². The summed E-state index contributed by atoms with van der Waals surface area (Å²) in [5.41, 5.74) is 3.65. The Bertz CT molecular complexity index is 531. The lowest BCUT2D eigenvalue weighted by Gasteiger charge is -2.16. The third kappa shape index (κ3) is 3.56. The highest BCUT2D eigenvalue weighted by Gasteiger charge is 2.15. The van der Waals surface area contributed by atoms with E-state index in [0.717, 1.165) is 23.9 Å². The molecular weight excluding hydrogens is 248 g/mol. The predicted molar refractivity (Wildman–Crippen MR) is 69.0 cm³/mol. The highest BCUT2D eigenvalue weighted by molar-refractivity contribution is 5.22. The molecule has 19 heavy (non-hydrogen) atoms. The molecule has 0 saturated carbocycles. The lowest BCUT2D eigenvalue weighted by molar-refractivity contribution is 0.478. The number of hydrazine groups is 1. The lowest BCUT2D eigenvalue weighted by Crippen LogP contribution is -2.29. The quantitative estimate of drug-likeness (QED) is 0.643. The summed E-state index contributed by atoms with van der Waals surface area (Å²) in [5, 5.41) is 0. The molecule has 1 aromatic heterocycles. The predicted octanol–water partition coefficient (Wildman–Crippen LogP) is 2.50. The van der Waals surface area contributed by atoms with Crippen molar-refractivity contribution < 1.29 is 8.78 Å². The minimum atomic E-state index is -0.477. The van der Waals surface area contributed by atoms with Crippen LogP contribution in [0.5, 0.6) is 0 Å². The topological polar surface area (TPSA) is 50.9 Å². The molecule has 1 atom stereocenters. The third-order valence-corrected chi connectivity index (χ3v) is 2.95. The summed E-state index contributed by atoms with van der Waals surface area (Å²) in [4.78, 5) is 4.18. The van der Waals surface area contributed by atoms with Crippen LogP contribution in [-0.2, 0) is 6.42 Å². The van der Waals surface area contributed by atoms with Gasteiger partial charge in [0.05, 0.1) is 0 Å². The van der Waals surface area contributed by atoms with E-state index in [1.807, 2.05) is 18.2 Å². The molecule has 0 fully saturated rings. The van der Waals surface area contributed by atoms with Crippen molar-refractivity contribution in [3.63, 3.8) is 0 Å². The van der Waals surface area contributed by atoms with E-state index >= 15 is 0 Å². The first-order valence-electron chi connectivity index (χ1n) is 6.01. The molecule has 0 bridgehead atoms. The fourth-order valence-corrected chi connectivity index (χ4v) is 1.95. The van der Waals surface area contributed by atoms with Crippen LogP contribution in [0, 0.1) is 11.6 Å². The van der Waals surface area contributed by atoms with Crippen LogP contribution < -0.4 is 11.3 Å². The van der Waals surface area contributed by atoms with E-state index in [4.69, 9.17) is 5.84 Å². The largest absolute Gasteiger partial charge is 0.271 e. The highest BCUT2D eigenvalue weighted by Crippen LogP contribution is 2.22. The number of hydrogen-bond acceptors (Lipinski definition) is 3. The number of halogens is 2. The van der Waals surface area contributed by atoms with Gasteiger partial charge in [-0.1, -0.05) is 6.07 Å². The van der Waals surface area contributed by atoms with Gasteiger partial charge in [0, 0.05) is 23.5 Å². The Labute approximate surface area is 110 Å². The maximum Gasteiger partial charge on any atom is 0.128 e. The summed E-state index contributed by atoms with van der Waals surface area (Å²) < 4.78 is 26.8. The fourth-order valence-electron chi connectivity index (χ4n) is 1.95. The molecule has 2 rings (SSSR count). The Morgan fingerprint density at radius 2 is 2.05 bits per heavy atom. The number of benzene rings is 1. The van der Waals surface area contributed by atoms with Crippen LogP contribution in [-0.4, -0.2) is 4.98 Å². The summed E-state index contributed by atoms with van der Waals surface area (Å²) in [7, 11) is 0. The third-order valence-electron chi connectivity index (χ3n) is 2.95. The Kier molecular flexibility index (Phi) is 4.54. The molecule has 0 aliphatic carbocycles. The normalized spacial score (nSPS) is 12.4. The maximum absolute atomic E-state index is 13.7. The number of aromatic nitrogens is 1. The summed E-state index contributed by atoms with van der Waals surface area (Å²) in [6.45, 7) is 0. The molecule has 3 N–H and O–H groups in total. The molecular formula is C14H15F2N3. The highest BCUT2D eigenvalue weighted by atomic mass is 19.1. The number of nitrogens with one attached hydrogen (secondary N) is 1. The molecule has 0 spiro atoms. The maximum atomic E-state index is 13.7. The van der Waals surface area contributed by atoms with Crippen molar-refractivity contribution in [3.05, 3.63) is 65.5 Å². The van der Waals surface area contributed by atoms with Crippen molar-refractivity contribution in [2.45, 2.75) is 18.9 Å². The molecule has 0 aliphatic heterocycles. The zero-order valence-electron chi connectivity index (χ0n) is 10.3. The standard InChI is InChI=1S/C14H15F2N3/c15-10-4-6-13(16)12(9-10)14(19-17)7-5-11-3-1-2-8-18-11/h1-4,6,8-9,14,19H,5,7,17H2. The van der Waals surface area contributed by atoms with Gasteiger partial charge in [-0.25, -0.2) is 8.78 Å². The van der Waals surface area contributed by atoms with E-state index in [1.54, 1.807) is 6.20 Å². The summed E-state index contributed by atoms with van der Waals surface area (Å²) >= 11 is 0. The molecule has 100 valence electrons. The Morgan fingerprint density at radius 1 is 1.21 bits per heavy atom. The average Bonchev–Trinajstić information content (AvgIpc) is 2.44. The Morgan fingerprint density at radius 3 is 2.74 bits per heavy atom. The molecule has 0 aliphatic rings. The van der Waals surface area contributed by atoms with Crippen LogP contribution in [0.15, 0.2) is 42.6 Å². The van der Waals surface area contributed by atoms with Gasteiger partial charge in [0.15, 0.2) is 0 Å². The average molecular weight is 263 g/mol. The van der Waals surface area contributed by atoms with Gasteiger partial charge in [0.1, 0.15) is 11.6 Å². The number of nitrogens with zero attached hydrogens (tertiary/aromatic N) is 1. The number of rotatable bonds is 5. The first-order chi connectivity index (χ1) is 9.20. The van der Waals surface area contributed by atoms with Crippen molar-refractivity contribution in [1.82, 2.24) is 10.4 Å². The molecule has 0 saturated heterocycles. The van der Waals surface area contributed by atoms with Gasteiger partial charge in [0.25, 0.3) is 0 Å². The molecule has 0 radical (unpaired) electrons. The van der Waals surface area contributed by atoms with Gasteiger partial charge in [-0.15, -0.1) is 0 Å². The van der Waals surface area contributed by atoms with Crippen LogP contribution >= 0.6 is 0 Å². The minimum Gasteiger partial charge on any atom is -0.271 e. The van der Waals surface area contributed by atoms with E-state index in [1.165, 1.54) is 0 Å². The van der Waals surface area contributed by atoms with Crippen molar-refractivity contribution in [3.8, 4) is 0 Å². The van der Waals surface area contributed by atoms with Crippen molar-refractivity contribution in [2.24, 2.45) is 5.84 Å². The smallest absolute Gasteiger partial charge is 0.128 e. The molecule has 1 unspecified atom stereocenters. The van der Waals surface area contributed by atoms with E-state index in [-0.39, 0.29) is 5.56 Å². The van der Waals surface area contributed by atoms with Gasteiger partial charge in [0.2, 0.25) is 0 Å². The number of nitrogens with two attached hydrogens (primary N) is 1. The fraction of sp³-hybridized carbons (Fsp3) is 0.214. The van der Waals surface area contributed by atoms with Gasteiger partial charge in [-0.05, 0) is 43.2 Å². The van der Waals surface area contributed by atoms with Crippen molar-refractivity contribution in [1.29, 1.82) is 0 Å². The zero-order chi connectivity index (χ0) is 13.7.